The summed E-state index contributed by atoms with van der Waals surface area (Å²) in [6.07, 6.45) is 7.91. The number of ether oxygens (including phenoxy) is 1. The molecule has 22 heavy (non-hydrogen) atoms. The maximum absolute atomic E-state index is 11.9. The van der Waals surface area contributed by atoms with Crippen molar-refractivity contribution in [3.63, 3.8) is 0 Å². The minimum Gasteiger partial charge on any atom is -0.379 e. The monoisotopic (exact) mass is 331 g/mol. The van der Waals surface area contributed by atoms with Crippen LogP contribution in [0.15, 0.2) is 0 Å². The smallest absolute Gasteiger partial charge is 0.224 e. The Morgan fingerprint density at radius 3 is 2.68 bits per heavy atom. The largest absolute Gasteiger partial charge is 0.379 e. The maximum atomic E-state index is 11.9. The molecule has 2 saturated carbocycles. The third-order valence-electron chi connectivity index (χ3n) is 5.82. The predicted molar refractivity (Wildman–Crippen MR) is 89.1 cm³/mol. The first-order valence-electron chi connectivity index (χ1n) is 8.56. The van der Waals surface area contributed by atoms with E-state index in [1.807, 2.05) is 0 Å². The average molecular weight is 332 g/mol. The Kier molecular flexibility index (Phi) is 6.50. The molecule has 1 amide bonds. The number of hydrogen-bond acceptors (Lipinski definition) is 4. The molecule has 0 spiro atoms. The first kappa shape index (κ1) is 18.0. The molecule has 3 aliphatic rings. The average Bonchev–Trinajstić information content (AvgIpc) is 3.16. The topological polar surface area (TPSA) is 76.4 Å². The van der Waals surface area contributed by atoms with Gasteiger partial charge in [-0.3, -0.25) is 4.79 Å². The van der Waals surface area contributed by atoms with Crippen molar-refractivity contribution in [1.82, 2.24) is 10.6 Å². The van der Waals surface area contributed by atoms with Gasteiger partial charge in [0.05, 0.1) is 18.6 Å². The lowest BCUT2D eigenvalue weighted by molar-refractivity contribution is -0.127. The van der Waals surface area contributed by atoms with E-state index >= 15 is 0 Å². The normalized spacial score (nSPS) is 34.3. The first-order chi connectivity index (χ1) is 10.2. The molecule has 128 valence electrons. The first-order valence-corrected chi connectivity index (χ1v) is 8.56. The summed E-state index contributed by atoms with van der Waals surface area (Å²) in [4.78, 5) is 11.9. The number of halogens is 1. The summed E-state index contributed by atoms with van der Waals surface area (Å²) in [7, 11) is 0. The van der Waals surface area contributed by atoms with Gasteiger partial charge in [0.15, 0.2) is 0 Å². The molecule has 0 aromatic heterocycles. The van der Waals surface area contributed by atoms with E-state index in [4.69, 9.17) is 10.5 Å². The zero-order valence-electron chi connectivity index (χ0n) is 13.3. The van der Waals surface area contributed by atoms with Gasteiger partial charge in [0.1, 0.15) is 0 Å². The van der Waals surface area contributed by atoms with Crippen LogP contribution in [0.1, 0.15) is 44.9 Å². The van der Waals surface area contributed by atoms with Crippen molar-refractivity contribution >= 4 is 18.3 Å². The van der Waals surface area contributed by atoms with E-state index in [0.717, 1.165) is 52.0 Å². The molecule has 3 atom stereocenters. The summed E-state index contributed by atoms with van der Waals surface area (Å²) in [5, 5.41) is 7.29. The van der Waals surface area contributed by atoms with Crippen LogP contribution >= 0.6 is 12.4 Å². The van der Waals surface area contributed by atoms with E-state index in [-0.39, 0.29) is 23.7 Å². The molecule has 3 fully saturated rings. The van der Waals surface area contributed by atoms with Crippen LogP contribution in [-0.2, 0) is 9.53 Å². The second-order valence-corrected chi connectivity index (χ2v) is 7.07. The van der Waals surface area contributed by atoms with Crippen LogP contribution in [0.2, 0.25) is 0 Å². The SMILES string of the molecule is Cl.NC(=O)C1(CNC2CCCC2C2COCCN2)CCCC1. The molecule has 2 aliphatic carbocycles. The number of rotatable bonds is 5. The quantitative estimate of drug-likeness (QED) is 0.707. The lowest BCUT2D eigenvalue weighted by Gasteiger charge is -2.35. The molecular formula is C16H30ClN3O2. The standard InChI is InChI=1S/C16H29N3O2.ClH/c17-15(20)16(6-1-2-7-16)11-19-13-5-3-4-12(13)14-10-21-9-8-18-14;/h12-14,18-19H,1-11H2,(H2,17,20);1H. The van der Waals surface area contributed by atoms with Gasteiger partial charge in [0.25, 0.3) is 0 Å². The zero-order valence-corrected chi connectivity index (χ0v) is 14.1. The van der Waals surface area contributed by atoms with E-state index in [0.29, 0.717) is 18.0 Å². The fraction of sp³-hybridized carbons (Fsp3) is 0.938. The van der Waals surface area contributed by atoms with Gasteiger partial charge in [-0.15, -0.1) is 12.4 Å². The fourth-order valence-electron chi connectivity index (χ4n) is 4.47. The minimum atomic E-state index is -0.288. The van der Waals surface area contributed by atoms with Crippen molar-refractivity contribution in [2.45, 2.75) is 57.0 Å². The fourth-order valence-corrected chi connectivity index (χ4v) is 4.47. The number of amides is 1. The highest BCUT2D eigenvalue weighted by atomic mass is 35.5. The molecule has 3 rings (SSSR count). The highest BCUT2D eigenvalue weighted by Crippen LogP contribution is 2.38. The van der Waals surface area contributed by atoms with Crippen molar-refractivity contribution in [1.29, 1.82) is 0 Å². The zero-order chi connectivity index (χ0) is 14.7. The Balaban J connectivity index is 0.00000176. The second-order valence-electron chi connectivity index (χ2n) is 7.07. The van der Waals surface area contributed by atoms with Crippen molar-refractivity contribution < 1.29 is 9.53 Å². The molecule has 0 radical (unpaired) electrons. The third kappa shape index (κ3) is 3.75. The van der Waals surface area contributed by atoms with E-state index in [9.17, 15) is 4.79 Å². The number of carbonyl (C=O) groups excluding carboxylic acids is 1. The molecule has 5 nitrogen and oxygen atoms in total. The van der Waals surface area contributed by atoms with E-state index in [1.54, 1.807) is 0 Å². The number of nitrogens with two attached hydrogens (primary N) is 1. The summed E-state index contributed by atoms with van der Waals surface area (Å²) in [5.74, 6) is 0.512. The van der Waals surface area contributed by atoms with E-state index < -0.39 is 0 Å². The van der Waals surface area contributed by atoms with E-state index in [1.165, 1.54) is 19.3 Å². The number of morpholine rings is 1. The lowest BCUT2D eigenvalue weighted by Crippen LogP contribution is -2.53. The van der Waals surface area contributed by atoms with Gasteiger partial charge in [-0.25, -0.2) is 0 Å². The molecule has 0 aromatic carbocycles. The van der Waals surface area contributed by atoms with Crippen LogP contribution < -0.4 is 16.4 Å². The number of hydrogen-bond donors (Lipinski definition) is 3. The molecule has 3 unspecified atom stereocenters. The highest BCUT2D eigenvalue weighted by Gasteiger charge is 2.41. The van der Waals surface area contributed by atoms with Crippen molar-refractivity contribution in [2.75, 3.05) is 26.3 Å². The molecule has 6 heteroatoms. The summed E-state index contributed by atoms with van der Waals surface area (Å²) in [6.45, 7) is 3.37. The third-order valence-corrected chi connectivity index (χ3v) is 5.82. The van der Waals surface area contributed by atoms with Crippen LogP contribution in [0.25, 0.3) is 0 Å². The van der Waals surface area contributed by atoms with Gasteiger partial charge < -0.3 is 21.1 Å². The molecule has 1 heterocycles. The number of primary amides is 1. The van der Waals surface area contributed by atoms with Gasteiger partial charge in [-0.1, -0.05) is 19.3 Å². The number of carbonyl (C=O) groups is 1. The van der Waals surface area contributed by atoms with Crippen LogP contribution in [0, 0.1) is 11.3 Å². The Morgan fingerprint density at radius 2 is 2.05 bits per heavy atom. The molecule has 0 bridgehead atoms. The van der Waals surface area contributed by atoms with E-state index in [2.05, 4.69) is 10.6 Å². The van der Waals surface area contributed by atoms with Crippen molar-refractivity contribution in [3.8, 4) is 0 Å². The van der Waals surface area contributed by atoms with Crippen LogP contribution in [0.5, 0.6) is 0 Å². The molecule has 1 saturated heterocycles. The van der Waals surface area contributed by atoms with Crippen LogP contribution in [0.3, 0.4) is 0 Å². The molecule has 1 aliphatic heterocycles. The molecule has 4 N–H and O–H groups in total. The summed E-state index contributed by atoms with van der Waals surface area (Å²) in [5.41, 5.74) is 5.40. The van der Waals surface area contributed by atoms with Gasteiger partial charge in [-0.2, -0.15) is 0 Å². The Hall–Kier alpha value is -0.360. The molecule has 0 aromatic rings. The molecular weight excluding hydrogens is 302 g/mol. The Morgan fingerprint density at radius 1 is 1.27 bits per heavy atom. The van der Waals surface area contributed by atoms with Crippen molar-refractivity contribution in [3.05, 3.63) is 0 Å². The number of nitrogens with one attached hydrogen (secondary N) is 2. The maximum Gasteiger partial charge on any atom is 0.224 e. The lowest BCUT2D eigenvalue weighted by atomic mass is 9.84. The van der Waals surface area contributed by atoms with Crippen LogP contribution in [0.4, 0.5) is 0 Å². The second kappa shape index (κ2) is 7.95. The summed E-state index contributed by atoms with van der Waals surface area (Å²) < 4.78 is 5.61. The Bertz CT molecular complexity index is 368. The predicted octanol–water partition coefficient (Wildman–Crippen LogP) is 1.20. The summed E-state index contributed by atoms with van der Waals surface area (Å²) in [6, 6.07) is 0.966. The van der Waals surface area contributed by atoms with Crippen LogP contribution in [-0.4, -0.2) is 44.3 Å². The van der Waals surface area contributed by atoms with Gasteiger partial charge >= 0.3 is 0 Å². The summed E-state index contributed by atoms with van der Waals surface area (Å²) >= 11 is 0. The van der Waals surface area contributed by atoms with Crippen molar-refractivity contribution in [2.24, 2.45) is 17.1 Å². The highest BCUT2D eigenvalue weighted by molar-refractivity contribution is 5.85. The van der Waals surface area contributed by atoms with Gasteiger partial charge in [0.2, 0.25) is 5.91 Å². The Labute approximate surface area is 139 Å². The minimum absolute atomic E-state index is 0. The van der Waals surface area contributed by atoms with Gasteiger partial charge in [-0.05, 0) is 31.6 Å². The van der Waals surface area contributed by atoms with Gasteiger partial charge in [0, 0.05) is 25.2 Å².